The first-order chi connectivity index (χ1) is 10.0. The van der Waals surface area contributed by atoms with E-state index >= 15 is 0 Å². The van der Waals surface area contributed by atoms with Gasteiger partial charge in [-0.15, -0.1) is 0 Å². The molecule has 2 atom stereocenters. The second-order valence-corrected chi connectivity index (χ2v) is 6.36. The molecule has 21 heavy (non-hydrogen) atoms. The third-order valence-corrected chi connectivity index (χ3v) is 5.68. The fraction of sp³-hybridized carbons (Fsp3) is 0.133. The number of rotatable bonds is 5. The second-order valence-electron chi connectivity index (χ2n) is 4.39. The average Bonchev–Trinajstić information content (AvgIpc) is 2.53. The van der Waals surface area contributed by atoms with E-state index in [1.165, 1.54) is 12.1 Å². The molecular weight excluding hydrogens is 402 g/mol. The van der Waals surface area contributed by atoms with Gasteiger partial charge in [0.2, 0.25) is 0 Å². The monoisotopic (exact) mass is 411 g/mol. The van der Waals surface area contributed by atoms with Gasteiger partial charge in [0.15, 0.2) is 5.78 Å². The van der Waals surface area contributed by atoms with Crippen LogP contribution in [0.15, 0.2) is 54.6 Å². The number of non-ortho nitro benzene ring substituents is 1. The van der Waals surface area contributed by atoms with Crippen LogP contribution in [0.1, 0.15) is 20.7 Å². The summed E-state index contributed by atoms with van der Waals surface area (Å²) in [5, 5.41) is 10.8. The Kier molecular flexibility index (Phi) is 5.25. The highest BCUT2D eigenvalue weighted by molar-refractivity contribution is 9.12. The van der Waals surface area contributed by atoms with Gasteiger partial charge in [-0.3, -0.25) is 14.9 Å². The topological polar surface area (TPSA) is 60.2 Å². The molecule has 0 aromatic heterocycles. The van der Waals surface area contributed by atoms with Crippen molar-refractivity contribution in [3.05, 3.63) is 75.8 Å². The predicted octanol–water partition coefficient (Wildman–Crippen LogP) is 4.68. The van der Waals surface area contributed by atoms with Crippen LogP contribution in [-0.2, 0) is 0 Å². The van der Waals surface area contributed by atoms with Crippen LogP contribution >= 0.6 is 31.9 Å². The molecule has 0 fully saturated rings. The van der Waals surface area contributed by atoms with E-state index in [0.717, 1.165) is 0 Å². The normalized spacial score (nSPS) is 13.4. The van der Waals surface area contributed by atoms with Gasteiger partial charge in [-0.25, -0.2) is 0 Å². The maximum Gasteiger partial charge on any atom is 0.269 e. The summed E-state index contributed by atoms with van der Waals surface area (Å²) in [4.78, 5) is 21.9. The number of ketones is 1. The fourth-order valence-electron chi connectivity index (χ4n) is 1.87. The van der Waals surface area contributed by atoms with Gasteiger partial charge < -0.3 is 0 Å². The summed E-state index contributed by atoms with van der Waals surface area (Å²) in [5.74, 6) is -0.0796. The van der Waals surface area contributed by atoms with Gasteiger partial charge in [0, 0.05) is 17.7 Å². The van der Waals surface area contributed by atoms with Crippen LogP contribution in [0.5, 0.6) is 0 Å². The number of alkyl halides is 2. The Morgan fingerprint density at radius 2 is 1.71 bits per heavy atom. The predicted molar refractivity (Wildman–Crippen MR) is 88.3 cm³/mol. The van der Waals surface area contributed by atoms with E-state index in [1.807, 2.05) is 6.07 Å². The van der Waals surface area contributed by atoms with Crippen molar-refractivity contribution in [2.75, 3.05) is 0 Å². The van der Waals surface area contributed by atoms with Crippen LogP contribution in [-0.4, -0.2) is 15.5 Å². The third kappa shape index (κ3) is 3.77. The summed E-state index contributed by atoms with van der Waals surface area (Å²) in [6.45, 7) is 0. The van der Waals surface area contributed by atoms with Gasteiger partial charge >= 0.3 is 0 Å². The van der Waals surface area contributed by atoms with Crippen LogP contribution in [0.4, 0.5) is 5.69 Å². The number of hydrogen-bond acceptors (Lipinski definition) is 3. The van der Waals surface area contributed by atoms with E-state index in [0.29, 0.717) is 11.1 Å². The molecular formula is C15H11Br2NO3. The second kappa shape index (κ2) is 6.95. The standard InChI is InChI=1S/C15H11Br2NO3/c16-13(11-7-4-8-12(9-11)18(20)21)14(17)15(19)10-5-2-1-3-6-10/h1-9,13-14H. The lowest BCUT2D eigenvalue weighted by Gasteiger charge is -2.16. The molecule has 0 spiro atoms. The molecule has 2 aromatic rings. The van der Waals surface area contributed by atoms with E-state index in [4.69, 9.17) is 0 Å². The minimum absolute atomic E-state index is 0.00353. The number of Topliss-reactive ketones (excluding diaryl/α,β-unsaturated/α-hetero) is 1. The van der Waals surface area contributed by atoms with Crippen molar-refractivity contribution in [1.82, 2.24) is 0 Å². The maximum atomic E-state index is 12.4. The molecule has 0 saturated heterocycles. The fourth-order valence-corrected chi connectivity index (χ4v) is 2.97. The van der Waals surface area contributed by atoms with E-state index in [1.54, 1.807) is 36.4 Å². The molecule has 0 aliphatic carbocycles. The van der Waals surface area contributed by atoms with Gasteiger partial charge in [0.25, 0.3) is 5.69 Å². The van der Waals surface area contributed by atoms with Gasteiger partial charge in [-0.2, -0.15) is 0 Å². The highest BCUT2D eigenvalue weighted by Crippen LogP contribution is 2.34. The van der Waals surface area contributed by atoms with Crippen molar-refractivity contribution in [3.8, 4) is 0 Å². The number of nitrogens with zero attached hydrogens (tertiary/aromatic N) is 1. The first kappa shape index (κ1) is 15.9. The van der Waals surface area contributed by atoms with Crippen molar-refractivity contribution in [1.29, 1.82) is 0 Å². The molecule has 4 nitrogen and oxygen atoms in total. The van der Waals surface area contributed by atoms with Crippen molar-refractivity contribution < 1.29 is 9.72 Å². The third-order valence-electron chi connectivity index (χ3n) is 2.97. The molecule has 2 aromatic carbocycles. The molecule has 0 amide bonds. The van der Waals surface area contributed by atoms with Crippen LogP contribution in [0.2, 0.25) is 0 Å². The Bertz CT molecular complexity index is 661. The molecule has 0 aliphatic heterocycles. The van der Waals surface area contributed by atoms with Crippen molar-refractivity contribution in [3.63, 3.8) is 0 Å². The van der Waals surface area contributed by atoms with Gasteiger partial charge in [-0.1, -0.05) is 74.3 Å². The Balaban J connectivity index is 2.23. The molecule has 108 valence electrons. The summed E-state index contributed by atoms with van der Waals surface area (Å²) in [7, 11) is 0. The number of halogens is 2. The summed E-state index contributed by atoms with van der Waals surface area (Å²) in [6.07, 6.45) is 0. The summed E-state index contributed by atoms with van der Waals surface area (Å²) in [6, 6.07) is 15.2. The highest BCUT2D eigenvalue weighted by Gasteiger charge is 2.26. The smallest absolute Gasteiger partial charge is 0.269 e. The number of carbonyl (C=O) groups is 1. The van der Waals surface area contributed by atoms with Crippen LogP contribution in [0, 0.1) is 10.1 Å². The van der Waals surface area contributed by atoms with E-state index in [2.05, 4.69) is 31.9 Å². The number of benzene rings is 2. The van der Waals surface area contributed by atoms with Gasteiger partial charge in [0.1, 0.15) is 0 Å². The average molecular weight is 413 g/mol. The van der Waals surface area contributed by atoms with Gasteiger partial charge in [-0.05, 0) is 5.56 Å². The minimum atomic E-state index is -0.512. The number of nitro benzene ring substituents is 1. The number of carbonyl (C=O) groups excluding carboxylic acids is 1. The molecule has 0 bridgehead atoms. The molecule has 0 saturated carbocycles. The van der Waals surface area contributed by atoms with E-state index in [9.17, 15) is 14.9 Å². The Labute approximate surface area is 138 Å². The Morgan fingerprint density at radius 3 is 2.33 bits per heavy atom. The van der Waals surface area contributed by atoms with Gasteiger partial charge in [0.05, 0.1) is 14.6 Å². The summed E-state index contributed by atoms with van der Waals surface area (Å²) in [5.41, 5.74) is 1.27. The van der Waals surface area contributed by atoms with Crippen molar-refractivity contribution in [2.45, 2.75) is 9.65 Å². The van der Waals surface area contributed by atoms with E-state index in [-0.39, 0.29) is 16.3 Å². The van der Waals surface area contributed by atoms with Crippen molar-refractivity contribution >= 4 is 43.3 Å². The zero-order valence-electron chi connectivity index (χ0n) is 10.8. The largest absolute Gasteiger partial charge is 0.293 e. The van der Waals surface area contributed by atoms with Crippen LogP contribution < -0.4 is 0 Å². The molecule has 0 heterocycles. The van der Waals surface area contributed by atoms with E-state index < -0.39 is 9.75 Å². The lowest BCUT2D eigenvalue weighted by molar-refractivity contribution is -0.384. The lowest BCUT2D eigenvalue weighted by atomic mass is 10.0. The number of hydrogen-bond donors (Lipinski definition) is 0. The SMILES string of the molecule is O=C(c1ccccc1)C(Br)C(Br)c1cccc([N+](=O)[O-])c1. The quantitative estimate of drug-likeness (QED) is 0.310. The minimum Gasteiger partial charge on any atom is -0.293 e. The summed E-state index contributed by atoms with van der Waals surface area (Å²) < 4.78 is 0. The molecule has 6 heteroatoms. The first-order valence-electron chi connectivity index (χ1n) is 6.12. The van der Waals surface area contributed by atoms with Crippen LogP contribution in [0.3, 0.4) is 0 Å². The highest BCUT2D eigenvalue weighted by atomic mass is 79.9. The first-order valence-corrected chi connectivity index (χ1v) is 7.95. The Morgan fingerprint density at radius 1 is 1.05 bits per heavy atom. The maximum absolute atomic E-state index is 12.4. The molecule has 0 N–H and O–H groups in total. The Hall–Kier alpha value is -1.53. The molecule has 2 rings (SSSR count). The zero-order chi connectivity index (χ0) is 15.4. The number of nitro groups is 1. The lowest BCUT2D eigenvalue weighted by Crippen LogP contribution is -2.19. The van der Waals surface area contributed by atoms with Crippen LogP contribution in [0.25, 0.3) is 0 Å². The molecule has 0 radical (unpaired) electrons. The van der Waals surface area contributed by atoms with Crippen molar-refractivity contribution in [2.24, 2.45) is 0 Å². The summed E-state index contributed by atoms with van der Waals surface area (Å²) >= 11 is 6.82. The molecule has 0 aliphatic rings. The molecule has 2 unspecified atom stereocenters. The zero-order valence-corrected chi connectivity index (χ0v) is 14.0.